The van der Waals surface area contributed by atoms with Crippen molar-refractivity contribution in [1.82, 2.24) is 15.2 Å². The van der Waals surface area contributed by atoms with Crippen LogP contribution < -0.4 is 17.0 Å². The summed E-state index contributed by atoms with van der Waals surface area (Å²) in [7, 11) is 1.77. The summed E-state index contributed by atoms with van der Waals surface area (Å²) >= 11 is 11.9. The first kappa shape index (κ1) is 13.2. The Morgan fingerprint density at radius 3 is 2.56 bits per heavy atom. The van der Waals surface area contributed by atoms with Gasteiger partial charge in [-0.3, -0.25) is 10.5 Å². The minimum atomic E-state index is -0.284. The van der Waals surface area contributed by atoms with E-state index >= 15 is 0 Å². The molecular formula is C11H13Cl2N5. The molecule has 5 nitrogen and oxygen atoms in total. The van der Waals surface area contributed by atoms with Gasteiger partial charge in [-0.1, -0.05) is 29.3 Å². The van der Waals surface area contributed by atoms with Crippen molar-refractivity contribution in [2.45, 2.75) is 6.04 Å². The molecule has 0 aliphatic heterocycles. The molecule has 2 aromatic rings. The van der Waals surface area contributed by atoms with Crippen LogP contribution in [0.3, 0.4) is 0 Å². The molecule has 1 atom stereocenters. The van der Waals surface area contributed by atoms with Gasteiger partial charge in [0.25, 0.3) is 0 Å². The summed E-state index contributed by atoms with van der Waals surface area (Å²) < 4.78 is 1.58. The number of hydrogen-bond acceptors (Lipinski definition) is 4. The van der Waals surface area contributed by atoms with Gasteiger partial charge in [-0.05, 0) is 17.7 Å². The van der Waals surface area contributed by atoms with Crippen LogP contribution in [0.1, 0.15) is 17.2 Å². The number of hydrazine groups is 1. The fourth-order valence-corrected chi connectivity index (χ4v) is 2.05. The van der Waals surface area contributed by atoms with E-state index in [4.69, 9.17) is 34.8 Å². The second-order valence-corrected chi connectivity index (χ2v) is 4.70. The number of nitrogens with zero attached hydrogens (tertiary/aromatic N) is 2. The van der Waals surface area contributed by atoms with Gasteiger partial charge >= 0.3 is 0 Å². The van der Waals surface area contributed by atoms with Crippen molar-refractivity contribution in [3.05, 3.63) is 45.6 Å². The third-order valence-electron chi connectivity index (χ3n) is 2.77. The fourth-order valence-electron chi connectivity index (χ4n) is 1.74. The van der Waals surface area contributed by atoms with Gasteiger partial charge in [0.15, 0.2) is 0 Å². The van der Waals surface area contributed by atoms with Crippen molar-refractivity contribution in [3.8, 4) is 0 Å². The van der Waals surface area contributed by atoms with Gasteiger partial charge in [0.05, 0.1) is 22.3 Å². The number of aryl methyl sites for hydroxylation is 1. The molecule has 0 radical (unpaired) electrons. The Morgan fingerprint density at radius 1 is 1.33 bits per heavy atom. The molecule has 0 amide bonds. The van der Waals surface area contributed by atoms with E-state index in [1.165, 1.54) is 0 Å². The monoisotopic (exact) mass is 285 g/mol. The van der Waals surface area contributed by atoms with Crippen LogP contribution in [0, 0.1) is 0 Å². The maximum Gasteiger partial charge on any atom is 0.126 e. The number of rotatable bonds is 3. The zero-order chi connectivity index (χ0) is 13.3. The van der Waals surface area contributed by atoms with E-state index in [-0.39, 0.29) is 6.04 Å². The highest BCUT2D eigenvalue weighted by Gasteiger charge is 2.18. The summed E-state index contributed by atoms with van der Waals surface area (Å²) in [6.45, 7) is 0. The van der Waals surface area contributed by atoms with Crippen LogP contribution in [-0.2, 0) is 7.05 Å². The van der Waals surface area contributed by atoms with Crippen LogP contribution >= 0.6 is 23.2 Å². The Labute approximate surface area is 115 Å². The largest absolute Gasteiger partial charge is 0.384 e. The third kappa shape index (κ3) is 2.30. The first-order valence-corrected chi connectivity index (χ1v) is 5.98. The van der Waals surface area contributed by atoms with Gasteiger partial charge in [0, 0.05) is 12.6 Å². The predicted octanol–water partition coefficient (Wildman–Crippen LogP) is 1.86. The van der Waals surface area contributed by atoms with Crippen molar-refractivity contribution >= 4 is 29.0 Å². The lowest BCUT2D eigenvalue weighted by atomic mass is 10.0. The number of nitrogens with two attached hydrogens (primary N) is 2. The maximum absolute atomic E-state index is 5.99. The number of nitrogens with one attached hydrogen (secondary N) is 1. The molecule has 5 N–H and O–H groups in total. The highest BCUT2D eigenvalue weighted by molar-refractivity contribution is 6.42. The van der Waals surface area contributed by atoms with Gasteiger partial charge in [0.1, 0.15) is 5.82 Å². The Hall–Kier alpha value is -1.27. The number of hydrogen-bond donors (Lipinski definition) is 3. The number of halogens is 2. The van der Waals surface area contributed by atoms with Gasteiger partial charge in [-0.15, -0.1) is 0 Å². The lowest BCUT2D eigenvalue weighted by molar-refractivity contribution is 0.638. The van der Waals surface area contributed by atoms with E-state index in [0.717, 1.165) is 11.1 Å². The molecule has 18 heavy (non-hydrogen) atoms. The molecule has 96 valence electrons. The summed E-state index contributed by atoms with van der Waals surface area (Å²) in [4.78, 5) is 0. The summed E-state index contributed by atoms with van der Waals surface area (Å²) in [5.41, 5.74) is 10.3. The molecule has 1 unspecified atom stereocenters. The van der Waals surface area contributed by atoms with E-state index in [9.17, 15) is 0 Å². The molecule has 0 bridgehead atoms. The molecule has 1 heterocycles. The smallest absolute Gasteiger partial charge is 0.126 e. The zero-order valence-corrected chi connectivity index (χ0v) is 11.2. The van der Waals surface area contributed by atoms with Crippen molar-refractivity contribution < 1.29 is 0 Å². The van der Waals surface area contributed by atoms with E-state index < -0.39 is 0 Å². The topological polar surface area (TPSA) is 81.9 Å². The van der Waals surface area contributed by atoms with Crippen molar-refractivity contribution in [1.29, 1.82) is 0 Å². The van der Waals surface area contributed by atoms with Crippen LogP contribution in [0.2, 0.25) is 10.0 Å². The van der Waals surface area contributed by atoms with Crippen LogP contribution in [0.15, 0.2) is 24.4 Å². The van der Waals surface area contributed by atoms with Crippen LogP contribution in [0.5, 0.6) is 0 Å². The van der Waals surface area contributed by atoms with E-state index in [2.05, 4.69) is 10.5 Å². The quantitative estimate of drug-likeness (QED) is 0.594. The summed E-state index contributed by atoms with van der Waals surface area (Å²) in [6.07, 6.45) is 1.67. The Bertz CT molecular complexity index is 567. The fraction of sp³-hybridized carbons (Fsp3) is 0.182. The summed E-state index contributed by atoms with van der Waals surface area (Å²) in [5.74, 6) is 6.13. The SMILES string of the molecule is Cn1ncc(C(NN)c2ccc(Cl)c(Cl)c2)c1N. The Morgan fingerprint density at radius 2 is 2.06 bits per heavy atom. The van der Waals surface area contributed by atoms with Crippen LogP contribution in [0.4, 0.5) is 5.82 Å². The lowest BCUT2D eigenvalue weighted by Gasteiger charge is -2.16. The lowest BCUT2D eigenvalue weighted by Crippen LogP contribution is -2.29. The third-order valence-corrected chi connectivity index (χ3v) is 3.51. The van der Waals surface area contributed by atoms with E-state index in [0.29, 0.717) is 15.9 Å². The molecule has 0 spiro atoms. The van der Waals surface area contributed by atoms with Gasteiger partial charge in [-0.2, -0.15) is 5.10 Å². The molecule has 0 saturated heterocycles. The highest BCUT2D eigenvalue weighted by atomic mass is 35.5. The van der Waals surface area contributed by atoms with Gasteiger partial charge in [0.2, 0.25) is 0 Å². The standard InChI is InChI=1S/C11H13Cl2N5/c1-18-11(14)7(5-16-18)10(17-15)6-2-3-8(12)9(13)4-6/h2-5,10,17H,14-15H2,1H3. The Kier molecular flexibility index (Phi) is 3.77. The maximum atomic E-state index is 5.99. The van der Waals surface area contributed by atoms with E-state index in [1.54, 1.807) is 30.1 Å². The first-order valence-electron chi connectivity index (χ1n) is 5.23. The van der Waals surface area contributed by atoms with Crippen LogP contribution in [-0.4, -0.2) is 9.78 Å². The molecule has 0 aliphatic rings. The molecule has 2 rings (SSSR count). The number of nitrogen functional groups attached to an aromatic ring is 1. The minimum Gasteiger partial charge on any atom is -0.384 e. The van der Waals surface area contributed by atoms with Gasteiger partial charge < -0.3 is 5.73 Å². The summed E-state index contributed by atoms with van der Waals surface area (Å²) in [6, 6.07) is 5.02. The predicted molar refractivity (Wildman–Crippen MR) is 73.2 cm³/mol. The zero-order valence-electron chi connectivity index (χ0n) is 9.69. The van der Waals surface area contributed by atoms with Crippen molar-refractivity contribution in [2.24, 2.45) is 12.9 Å². The summed E-state index contributed by atoms with van der Waals surface area (Å²) in [5, 5.41) is 5.05. The van der Waals surface area contributed by atoms with Crippen LogP contribution in [0.25, 0.3) is 0 Å². The normalized spacial score (nSPS) is 12.7. The van der Waals surface area contributed by atoms with E-state index in [1.807, 2.05) is 6.07 Å². The molecule has 0 aliphatic carbocycles. The minimum absolute atomic E-state index is 0.284. The molecule has 7 heteroatoms. The molecular weight excluding hydrogens is 273 g/mol. The van der Waals surface area contributed by atoms with Crippen molar-refractivity contribution in [2.75, 3.05) is 5.73 Å². The number of benzene rings is 1. The van der Waals surface area contributed by atoms with Crippen molar-refractivity contribution in [3.63, 3.8) is 0 Å². The Balaban J connectivity index is 2.45. The second kappa shape index (κ2) is 5.16. The average molecular weight is 286 g/mol. The molecule has 0 saturated carbocycles. The first-order chi connectivity index (χ1) is 8.54. The van der Waals surface area contributed by atoms with Gasteiger partial charge in [-0.25, -0.2) is 5.43 Å². The second-order valence-electron chi connectivity index (χ2n) is 3.88. The number of aromatic nitrogens is 2. The molecule has 0 fully saturated rings. The number of anilines is 1. The average Bonchev–Trinajstić information content (AvgIpc) is 2.67. The molecule has 1 aromatic carbocycles. The highest BCUT2D eigenvalue weighted by Crippen LogP contribution is 2.30. The molecule has 1 aromatic heterocycles.